The summed E-state index contributed by atoms with van der Waals surface area (Å²) in [4.78, 5) is 67.6. The SMILES string of the molecule is CC(NC(=O)c1ccc(/C(N)=N/O)cc1)C(=O)N1CCC(OC(NC(=O)C2=Nc3ccccc3C2C=O)C(=O)O)CC1. The van der Waals surface area contributed by atoms with Gasteiger partial charge in [0.25, 0.3) is 11.8 Å². The highest BCUT2D eigenvalue weighted by Crippen LogP contribution is 2.34. The number of nitrogens with one attached hydrogen (secondary N) is 2. The maximum absolute atomic E-state index is 12.9. The van der Waals surface area contributed by atoms with E-state index in [9.17, 15) is 29.1 Å². The number of likely N-dealkylation sites (tertiary alicyclic amines) is 1. The molecule has 2 aromatic rings. The smallest absolute Gasteiger partial charge is 0.354 e. The topological polar surface area (TPSA) is 213 Å². The molecule has 2 aromatic carbocycles. The standard InChI is InChI=1S/C28H30N6O8/c1-15(30-24(36)17-8-6-16(7-9-17)23(29)33-41)27(38)34-12-10-18(11-13-34)42-26(28(39)40)32-25(37)22-20(14-35)19-4-2-3-5-21(19)31-22/h2-9,14-15,18,20,26,41H,10-13H2,1H3,(H2,29,33)(H,30,36)(H,32,37)(H,39,40). The fourth-order valence-electron chi connectivity index (χ4n) is 4.75. The highest BCUT2D eigenvalue weighted by atomic mass is 16.5. The van der Waals surface area contributed by atoms with E-state index in [0.29, 0.717) is 35.9 Å². The van der Waals surface area contributed by atoms with E-state index in [1.807, 2.05) is 0 Å². The molecule has 1 fully saturated rings. The zero-order chi connectivity index (χ0) is 30.4. The molecule has 2 heterocycles. The monoisotopic (exact) mass is 578 g/mol. The zero-order valence-corrected chi connectivity index (χ0v) is 22.6. The van der Waals surface area contributed by atoms with E-state index in [2.05, 4.69) is 20.8 Å². The number of nitrogens with two attached hydrogens (primary N) is 1. The first-order chi connectivity index (χ1) is 20.1. The summed E-state index contributed by atoms with van der Waals surface area (Å²) >= 11 is 0. The van der Waals surface area contributed by atoms with Crippen molar-refractivity contribution in [3.63, 3.8) is 0 Å². The molecular formula is C28H30N6O8. The first-order valence-corrected chi connectivity index (χ1v) is 13.1. The van der Waals surface area contributed by atoms with E-state index < -0.39 is 42.1 Å². The third-order valence-corrected chi connectivity index (χ3v) is 7.01. The van der Waals surface area contributed by atoms with Crippen molar-refractivity contribution in [2.45, 2.75) is 44.1 Å². The maximum atomic E-state index is 12.9. The minimum atomic E-state index is -1.69. The van der Waals surface area contributed by atoms with E-state index in [1.165, 1.54) is 24.3 Å². The number of carbonyl (C=O) groups is 5. The molecule has 0 radical (unpaired) electrons. The number of carboxylic acids is 1. The lowest BCUT2D eigenvalue weighted by Crippen LogP contribution is -2.52. The van der Waals surface area contributed by atoms with Gasteiger partial charge in [-0.3, -0.25) is 14.4 Å². The lowest BCUT2D eigenvalue weighted by molar-refractivity contribution is -0.162. The van der Waals surface area contributed by atoms with Gasteiger partial charge in [-0.15, -0.1) is 0 Å². The second kappa shape index (κ2) is 13.0. The van der Waals surface area contributed by atoms with Gasteiger partial charge in [0.1, 0.15) is 18.0 Å². The predicted molar refractivity (Wildman–Crippen MR) is 148 cm³/mol. The van der Waals surface area contributed by atoms with E-state index in [4.69, 9.17) is 15.7 Å². The number of amidine groups is 1. The molecule has 42 heavy (non-hydrogen) atoms. The fraction of sp³-hybridized carbons (Fsp3) is 0.321. The van der Waals surface area contributed by atoms with Gasteiger partial charge >= 0.3 is 5.97 Å². The number of hydrogen-bond acceptors (Lipinski definition) is 9. The van der Waals surface area contributed by atoms with Crippen molar-refractivity contribution in [2.75, 3.05) is 13.1 Å². The number of oxime groups is 1. The molecule has 3 unspecified atom stereocenters. The van der Waals surface area contributed by atoms with Crippen molar-refractivity contribution >= 4 is 47.2 Å². The van der Waals surface area contributed by atoms with Crippen LogP contribution in [0.1, 0.15) is 47.2 Å². The van der Waals surface area contributed by atoms with Gasteiger partial charge in [0.05, 0.1) is 17.7 Å². The van der Waals surface area contributed by atoms with E-state index >= 15 is 0 Å². The van der Waals surface area contributed by atoms with Crippen molar-refractivity contribution in [1.29, 1.82) is 0 Å². The number of amides is 3. The van der Waals surface area contributed by atoms with Crippen LogP contribution in [0, 0.1) is 0 Å². The molecule has 0 spiro atoms. The maximum Gasteiger partial charge on any atom is 0.354 e. The largest absolute Gasteiger partial charge is 0.478 e. The third kappa shape index (κ3) is 6.61. The van der Waals surface area contributed by atoms with Crippen molar-refractivity contribution < 1.29 is 39.0 Å². The van der Waals surface area contributed by atoms with Crippen LogP contribution in [0.25, 0.3) is 0 Å². The predicted octanol–water partition coefficient (Wildman–Crippen LogP) is 0.503. The number of aliphatic imine (C=N–C) groups is 1. The normalized spacial score (nSPS) is 18.3. The van der Waals surface area contributed by atoms with Crippen LogP contribution in [-0.2, 0) is 23.9 Å². The van der Waals surface area contributed by atoms with Crippen LogP contribution in [0.15, 0.2) is 58.7 Å². The molecule has 2 aliphatic rings. The quantitative estimate of drug-likeness (QED) is 0.0662. The molecule has 3 amide bonds. The summed E-state index contributed by atoms with van der Waals surface area (Å²) in [5.74, 6) is -4.06. The molecule has 3 atom stereocenters. The molecule has 0 aliphatic carbocycles. The molecule has 0 bridgehead atoms. The Balaban J connectivity index is 1.28. The Morgan fingerprint density at radius 2 is 1.69 bits per heavy atom. The van der Waals surface area contributed by atoms with Crippen molar-refractivity contribution in [2.24, 2.45) is 15.9 Å². The first-order valence-electron chi connectivity index (χ1n) is 13.1. The van der Waals surface area contributed by atoms with E-state index in [-0.39, 0.29) is 36.1 Å². The van der Waals surface area contributed by atoms with Gasteiger partial charge in [-0.1, -0.05) is 35.5 Å². The molecule has 0 aromatic heterocycles. The van der Waals surface area contributed by atoms with Crippen LogP contribution in [0.5, 0.6) is 0 Å². The highest BCUT2D eigenvalue weighted by molar-refractivity contribution is 6.45. The first kappa shape index (κ1) is 29.9. The number of aliphatic carboxylic acids is 1. The van der Waals surface area contributed by atoms with Gasteiger partial charge in [0, 0.05) is 24.2 Å². The van der Waals surface area contributed by atoms with E-state index in [1.54, 1.807) is 36.1 Å². The third-order valence-electron chi connectivity index (χ3n) is 7.01. The molecule has 4 rings (SSSR count). The van der Waals surface area contributed by atoms with E-state index in [0.717, 1.165) is 0 Å². The summed E-state index contributed by atoms with van der Waals surface area (Å²) in [7, 11) is 0. The number of nitrogens with zero attached hydrogens (tertiary/aromatic N) is 3. The number of carboxylic acid groups (broad SMARTS) is 1. The molecule has 0 saturated carbocycles. The number of piperidine rings is 1. The van der Waals surface area contributed by atoms with Gasteiger partial charge in [-0.25, -0.2) is 9.79 Å². The number of rotatable bonds is 10. The summed E-state index contributed by atoms with van der Waals surface area (Å²) in [5.41, 5.74) is 7.14. The Morgan fingerprint density at radius 1 is 1.05 bits per heavy atom. The van der Waals surface area contributed by atoms with Crippen molar-refractivity contribution in [3.8, 4) is 0 Å². The van der Waals surface area contributed by atoms with Crippen LogP contribution in [0.4, 0.5) is 5.69 Å². The average molecular weight is 579 g/mol. The van der Waals surface area contributed by atoms with Crippen LogP contribution in [0.3, 0.4) is 0 Å². The van der Waals surface area contributed by atoms with Crippen molar-refractivity contribution in [1.82, 2.24) is 15.5 Å². The summed E-state index contributed by atoms with van der Waals surface area (Å²) in [6, 6.07) is 11.9. The minimum absolute atomic E-state index is 0.101. The Hall–Kier alpha value is -5.11. The Morgan fingerprint density at radius 3 is 2.31 bits per heavy atom. The number of hydrogen-bond donors (Lipinski definition) is 5. The summed E-state index contributed by atoms with van der Waals surface area (Å²) in [5, 5.41) is 26.3. The molecule has 1 saturated heterocycles. The Kier molecular flexibility index (Phi) is 9.27. The number of ether oxygens (including phenoxy) is 1. The molecule has 2 aliphatic heterocycles. The van der Waals surface area contributed by atoms with Crippen LogP contribution in [0.2, 0.25) is 0 Å². The van der Waals surface area contributed by atoms with Crippen molar-refractivity contribution in [3.05, 3.63) is 65.2 Å². The number of fused-ring (bicyclic) bond motifs is 1. The minimum Gasteiger partial charge on any atom is -0.478 e. The zero-order valence-electron chi connectivity index (χ0n) is 22.6. The molecule has 14 heteroatoms. The van der Waals surface area contributed by atoms with Gasteiger partial charge in [-0.2, -0.15) is 0 Å². The highest BCUT2D eigenvalue weighted by Gasteiger charge is 2.35. The molecule has 220 valence electrons. The Labute approximate surface area is 240 Å². The number of carbonyl (C=O) groups excluding carboxylic acids is 4. The Bertz CT molecular complexity index is 1430. The van der Waals surface area contributed by atoms with Gasteiger partial charge < -0.3 is 41.1 Å². The van der Waals surface area contributed by atoms with Gasteiger partial charge in [-0.05, 0) is 43.5 Å². The second-order valence-corrected chi connectivity index (χ2v) is 9.78. The number of para-hydroxylation sites is 1. The fourth-order valence-corrected chi connectivity index (χ4v) is 4.75. The number of benzene rings is 2. The average Bonchev–Trinajstić information content (AvgIpc) is 3.39. The summed E-state index contributed by atoms with van der Waals surface area (Å²) in [6.45, 7) is 2.04. The molecule has 6 N–H and O–H groups in total. The molecular weight excluding hydrogens is 548 g/mol. The van der Waals surface area contributed by atoms with Gasteiger partial charge in [0.15, 0.2) is 5.84 Å². The summed E-state index contributed by atoms with van der Waals surface area (Å²) < 4.78 is 5.66. The van der Waals surface area contributed by atoms with Crippen LogP contribution in [-0.4, -0.2) is 88.2 Å². The van der Waals surface area contributed by atoms with Crippen LogP contribution >= 0.6 is 0 Å². The number of aldehydes is 1. The lowest BCUT2D eigenvalue weighted by Gasteiger charge is -2.34. The summed E-state index contributed by atoms with van der Waals surface area (Å²) in [6.07, 6.45) is -1.09. The second-order valence-electron chi connectivity index (χ2n) is 9.78. The van der Waals surface area contributed by atoms with Gasteiger partial charge in [0.2, 0.25) is 12.1 Å². The molecule has 14 nitrogen and oxygen atoms in total. The lowest BCUT2D eigenvalue weighted by atomic mass is 9.97. The van der Waals surface area contributed by atoms with Crippen LogP contribution < -0.4 is 16.4 Å².